The molecule has 0 aliphatic carbocycles. The highest BCUT2D eigenvalue weighted by molar-refractivity contribution is 7.89. The molecule has 1 aromatic rings. The van der Waals surface area contributed by atoms with Crippen LogP contribution in [0.3, 0.4) is 0 Å². The molecule has 0 spiro atoms. The van der Waals surface area contributed by atoms with Crippen molar-refractivity contribution in [2.75, 3.05) is 13.7 Å². The summed E-state index contributed by atoms with van der Waals surface area (Å²) in [5.74, 6) is 0.287. The van der Waals surface area contributed by atoms with Gasteiger partial charge in [-0.25, -0.2) is 13.1 Å². The van der Waals surface area contributed by atoms with Gasteiger partial charge >= 0.3 is 0 Å². The molecule has 0 amide bonds. The van der Waals surface area contributed by atoms with E-state index in [0.717, 1.165) is 0 Å². The van der Waals surface area contributed by atoms with E-state index in [1.54, 1.807) is 20.8 Å². The molecule has 1 rings (SSSR count). The lowest BCUT2D eigenvalue weighted by molar-refractivity contribution is 0.180. The van der Waals surface area contributed by atoms with Crippen molar-refractivity contribution in [2.24, 2.45) is 0 Å². The predicted molar refractivity (Wildman–Crippen MR) is 57.6 cm³/mol. The summed E-state index contributed by atoms with van der Waals surface area (Å²) < 4.78 is 36.1. The van der Waals surface area contributed by atoms with Crippen LogP contribution >= 0.6 is 0 Å². The van der Waals surface area contributed by atoms with E-state index >= 15 is 0 Å². The van der Waals surface area contributed by atoms with Gasteiger partial charge in [0.1, 0.15) is 10.6 Å². The van der Waals surface area contributed by atoms with Gasteiger partial charge in [-0.3, -0.25) is 0 Å². The van der Waals surface area contributed by atoms with Crippen molar-refractivity contribution in [1.29, 1.82) is 0 Å². The number of rotatable bonds is 5. The number of hydrogen-bond acceptors (Lipinski definition) is 5. The van der Waals surface area contributed by atoms with Crippen LogP contribution in [0.2, 0.25) is 0 Å². The second kappa shape index (κ2) is 4.94. The number of aromatic nitrogens is 1. The zero-order valence-corrected chi connectivity index (χ0v) is 10.6. The predicted octanol–water partition coefficient (Wildman–Crippen LogP) is 0.605. The lowest BCUT2D eigenvalue weighted by Gasteiger charge is -2.12. The quantitative estimate of drug-likeness (QED) is 0.825. The van der Waals surface area contributed by atoms with Crippen molar-refractivity contribution in [3.05, 3.63) is 11.5 Å². The third-order valence-electron chi connectivity index (χ3n) is 2.01. The van der Waals surface area contributed by atoms with E-state index in [1.165, 1.54) is 7.11 Å². The Hall–Kier alpha value is -0.920. The molecule has 0 saturated carbocycles. The first kappa shape index (κ1) is 13.1. The summed E-state index contributed by atoms with van der Waals surface area (Å²) in [4.78, 5) is 0.107. The molecule has 0 bridgehead atoms. The Bertz CT molecular complexity index is 433. The molecule has 0 radical (unpaired) electrons. The van der Waals surface area contributed by atoms with Crippen molar-refractivity contribution in [2.45, 2.75) is 31.7 Å². The van der Waals surface area contributed by atoms with Gasteiger partial charge in [-0.2, -0.15) is 0 Å². The second-order valence-corrected chi connectivity index (χ2v) is 5.28. The maximum Gasteiger partial charge on any atom is 0.246 e. The summed E-state index contributed by atoms with van der Waals surface area (Å²) >= 11 is 0. The molecular weight excluding hydrogens is 232 g/mol. The van der Waals surface area contributed by atoms with Crippen molar-refractivity contribution >= 4 is 10.0 Å². The molecule has 7 heteroatoms. The van der Waals surface area contributed by atoms with Gasteiger partial charge in [0.05, 0.1) is 6.61 Å². The first-order valence-corrected chi connectivity index (χ1v) is 6.31. The lowest BCUT2D eigenvalue weighted by Crippen LogP contribution is -2.36. The van der Waals surface area contributed by atoms with E-state index in [2.05, 4.69) is 9.88 Å². The molecule has 92 valence electrons. The first-order chi connectivity index (χ1) is 7.38. The molecule has 1 atom stereocenters. The number of ether oxygens (including phenoxy) is 1. The summed E-state index contributed by atoms with van der Waals surface area (Å²) in [5.41, 5.74) is 0.356. The number of methoxy groups -OCH3 is 1. The van der Waals surface area contributed by atoms with E-state index < -0.39 is 10.0 Å². The monoisotopic (exact) mass is 248 g/mol. The Labute approximate surface area is 95.0 Å². The molecule has 0 aliphatic heterocycles. The van der Waals surface area contributed by atoms with Crippen LogP contribution in [0.5, 0.6) is 0 Å². The Morgan fingerprint density at radius 2 is 2.12 bits per heavy atom. The van der Waals surface area contributed by atoms with Gasteiger partial charge in [-0.05, 0) is 20.8 Å². The third-order valence-corrected chi connectivity index (χ3v) is 3.84. The molecule has 0 saturated heterocycles. The van der Waals surface area contributed by atoms with Gasteiger partial charge in [-0.1, -0.05) is 5.16 Å². The second-order valence-electron chi connectivity index (χ2n) is 3.63. The van der Waals surface area contributed by atoms with Crippen LogP contribution in [0.1, 0.15) is 18.4 Å². The first-order valence-electron chi connectivity index (χ1n) is 4.82. The zero-order chi connectivity index (χ0) is 12.3. The van der Waals surface area contributed by atoms with Crippen LogP contribution < -0.4 is 4.72 Å². The normalized spacial score (nSPS) is 14.0. The number of sulfonamides is 1. The van der Waals surface area contributed by atoms with Crippen LogP contribution in [0, 0.1) is 13.8 Å². The molecular formula is C9H16N2O4S. The Balaban J connectivity index is 2.95. The maximum atomic E-state index is 12.0. The molecule has 1 heterocycles. The van der Waals surface area contributed by atoms with Gasteiger partial charge < -0.3 is 9.26 Å². The van der Waals surface area contributed by atoms with Crippen molar-refractivity contribution in [1.82, 2.24) is 9.88 Å². The van der Waals surface area contributed by atoms with Crippen molar-refractivity contribution < 1.29 is 17.7 Å². The molecule has 1 N–H and O–H groups in total. The van der Waals surface area contributed by atoms with E-state index in [-0.39, 0.29) is 16.7 Å². The molecule has 0 aliphatic rings. The largest absolute Gasteiger partial charge is 0.383 e. The molecule has 16 heavy (non-hydrogen) atoms. The molecule has 0 unspecified atom stereocenters. The Morgan fingerprint density at radius 1 is 1.50 bits per heavy atom. The highest BCUT2D eigenvalue weighted by atomic mass is 32.2. The van der Waals surface area contributed by atoms with Gasteiger partial charge in [0.2, 0.25) is 10.0 Å². The summed E-state index contributed by atoms with van der Waals surface area (Å²) in [6.07, 6.45) is 0. The molecule has 6 nitrogen and oxygen atoms in total. The molecule has 0 fully saturated rings. The highest BCUT2D eigenvalue weighted by Gasteiger charge is 2.25. The van der Waals surface area contributed by atoms with Crippen LogP contribution in [-0.2, 0) is 14.8 Å². The number of nitrogens with one attached hydrogen (secondary N) is 1. The van der Waals surface area contributed by atoms with E-state index in [0.29, 0.717) is 12.3 Å². The minimum absolute atomic E-state index is 0.107. The SMILES string of the molecule is COC[C@@H](C)NS(=O)(=O)c1c(C)noc1C. The minimum atomic E-state index is -3.59. The van der Waals surface area contributed by atoms with Gasteiger partial charge in [0.15, 0.2) is 5.76 Å². The van der Waals surface area contributed by atoms with Crippen molar-refractivity contribution in [3.8, 4) is 0 Å². The zero-order valence-electron chi connectivity index (χ0n) is 9.77. The summed E-state index contributed by atoms with van der Waals surface area (Å²) in [5, 5.41) is 3.61. The number of hydrogen-bond donors (Lipinski definition) is 1. The maximum absolute atomic E-state index is 12.0. The topological polar surface area (TPSA) is 81.4 Å². The number of nitrogens with zero attached hydrogens (tertiary/aromatic N) is 1. The Morgan fingerprint density at radius 3 is 2.56 bits per heavy atom. The number of aryl methyl sites for hydroxylation is 2. The van der Waals surface area contributed by atoms with Gasteiger partial charge in [0.25, 0.3) is 0 Å². The summed E-state index contributed by atoms with van der Waals surface area (Å²) in [7, 11) is -2.07. The lowest BCUT2D eigenvalue weighted by atomic mass is 10.4. The van der Waals surface area contributed by atoms with E-state index in [9.17, 15) is 8.42 Å². The average molecular weight is 248 g/mol. The van der Waals surface area contributed by atoms with E-state index in [1.807, 2.05) is 0 Å². The minimum Gasteiger partial charge on any atom is -0.383 e. The Kier molecular flexibility index (Phi) is 4.06. The van der Waals surface area contributed by atoms with Gasteiger partial charge in [0, 0.05) is 13.2 Å². The summed E-state index contributed by atoms with van der Waals surface area (Å²) in [6.45, 7) is 5.18. The van der Waals surface area contributed by atoms with Crippen molar-refractivity contribution in [3.63, 3.8) is 0 Å². The third kappa shape index (κ3) is 2.81. The van der Waals surface area contributed by atoms with Crippen LogP contribution in [0.25, 0.3) is 0 Å². The standard InChI is InChI=1S/C9H16N2O4S/c1-6(5-14-4)11-16(12,13)9-7(2)10-15-8(9)3/h6,11H,5H2,1-4H3/t6-/m1/s1. The fraction of sp³-hybridized carbons (Fsp3) is 0.667. The van der Waals surface area contributed by atoms with E-state index in [4.69, 9.17) is 9.26 Å². The molecule has 1 aromatic heterocycles. The van der Waals surface area contributed by atoms with Crippen LogP contribution in [0.4, 0.5) is 0 Å². The fourth-order valence-corrected chi connectivity index (χ4v) is 3.02. The van der Waals surface area contributed by atoms with Crippen LogP contribution in [-0.4, -0.2) is 33.3 Å². The smallest absolute Gasteiger partial charge is 0.246 e. The fourth-order valence-electron chi connectivity index (χ4n) is 1.47. The highest BCUT2D eigenvalue weighted by Crippen LogP contribution is 2.18. The summed E-state index contributed by atoms with van der Waals surface area (Å²) in [6, 6.07) is -0.302. The van der Waals surface area contributed by atoms with Gasteiger partial charge in [-0.15, -0.1) is 0 Å². The van der Waals surface area contributed by atoms with Crippen LogP contribution in [0.15, 0.2) is 9.42 Å². The average Bonchev–Trinajstić information content (AvgIpc) is 2.45. The molecule has 0 aromatic carbocycles.